The van der Waals surface area contributed by atoms with Crippen molar-refractivity contribution in [2.24, 2.45) is 0 Å². The summed E-state index contributed by atoms with van der Waals surface area (Å²) >= 11 is 0. The summed E-state index contributed by atoms with van der Waals surface area (Å²) < 4.78 is 5.74. The van der Waals surface area contributed by atoms with E-state index in [-0.39, 0.29) is 17.9 Å². The smallest absolute Gasteiger partial charge is 0.255 e. The summed E-state index contributed by atoms with van der Waals surface area (Å²) in [6.45, 7) is 4.28. The van der Waals surface area contributed by atoms with Crippen LogP contribution in [0.25, 0.3) is 0 Å². The Morgan fingerprint density at radius 2 is 1.48 bits per heavy atom. The molecule has 0 unspecified atom stereocenters. The first-order valence-electron chi connectivity index (χ1n) is 9.52. The molecule has 29 heavy (non-hydrogen) atoms. The van der Waals surface area contributed by atoms with E-state index in [1.807, 2.05) is 62.4 Å². The molecule has 0 bridgehead atoms. The molecule has 3 rings (SSSR count). The molecule has 5 nitrogen and oxygen atoms in total. The minimum Gasteiger partial charge on any atom is -0.489 e. The molecular weight excluding hydrogens is 364 g/mol. The second-order valence-corrected chi connectivity index (χ2v) is 6.87. The lowest BCUT2D eigenvalue weighted by molar-refractivity contribution is 0.0951. The van der Waals surface area contributed by atoms with Crippen molar-refractivity contribution in [2.75, 3.05) is 5.32 Å². The van der Waals surface area contributed by atoms with Gasteiger partial charge in [-0.2, -0.15) is 0 Å². The molecule has 2 N–H and O–H groups in total. The summed E-state index contributed by atoms with van der Waals surface area (Å²) in [5, 5.41) is 5.73. The van der Waals surface area contributed by atoms with Crippen molar-refractivity contribution < 1.29 is 14.3 Å². The summed E-state index contributed by atoms with van der Waals surface area (Å²) in [6.07, 6.45) is -0.00955. The van der Waals surface area contributed by atoms with Gasteiger partial charge in [0.15, 0.2) is 0 Å². The van der Waals surface area contributed by atoms with Crippen molar-refractivity contribution in [1.82, 2.24) is 5.32 Å². The molecule has 0 saturated carbocycles. The van der Waals surface area contributed by atoms with Crippen LogP contribution in [0, 0.1) is 0 Å². The fourth-order valence-corrected chi connectivity index (χ4v) is 2.80. The van der Waals surface area contributed by atoms with Crippen LogP contribution in [0.4, 0.5) is 5.69 Å². The standard InChI is InChI=1S/C24H24N2O3/c1-17(2)29-22-14-7-6-13-21(22)26-24(28)20-12-8-11-19(15-20)23(27)25-16-18-9-4-3-5-10-18/h3-15,17H,16H2,1-2H3,(H,25,27)(H,26,28). The summed E-state index contributed by atoms with van der Waals surface area (Å²) in [5.74, 6) is 0.0715. The summed E-state index contributed by atoms with van der Waals surface area (Å²) in [6, 6.07) is 23.6. The molecule has 3 aromatic rings. The van der Waals surface area contributed by atoms with E-state index in [1.54, 1.807) is 30.3 Å². The summed E-state index contributed by atoms with van der Waals surface area (Å²) in [7, 11) is 0. The Kier molecular flexibility index (Phi) is 6.63. The summed E-state index contributed by atoms with van der Waals surface area (Å²) in [4.78, 5) is 25.2. The first-order chi connectivity index (χ1) is 14.0. The van der Waals surface area contributed by atoms with E-state index in [1.165, 1.54) is 0 Å². The number of ether oxygens (including phenoxy) is 1. The molecule has 0 saturated heterocycles. The van der Waals surface area contributed by atoms with Gasteiger partial charge in [-0.15, -0.1) is 0 Å². The Hall–Kier alpha value is -3.60. The predicted molar refractivity (Wildman–Crippen MR) is 114 cm³/mol. The molecule has 0 radical (unpaired) electrons. The van der Waals surface area contributed by atoms with Gasteiger partial charge < -0.3 is 15.4 Å². The fourth-order valence-electron chi connectivity index (χ4n) is 2.80. The van der Waals surface area contributed by atoms with E-state index in [0.29, 0.717) is 29.1 Å². The van der Waals surface area contributed by atoms with Gasteiger partial charge in [0.05, 0.1) is 11.8 Å². The van der Waals surface area contributed by atoms with Gasteiger partial charge >= 0.3 is 0 Å². The normalized spacial score (nSPS) is 10.4. The fraction of sp³-hybridized carbons (Fsp3) is 0.167. The highest BCUT2D eigenvalue weighted by Crippen LogP contribution is 2.25. The van der Waals surface area contributed by atoms with Crippen molar-refractivity contribution in [1.29, 1.82) is 0 Å². The number of hydrogen-bond acceptors (Lipinski definition) is 3. The highest BCUT2D eigenvalue weighted by molar-refractivity contribution is 6.06. The number of anilines is 1. The number of hydrogen-bond donors (Lipinski definition) is 2. The van der Waals surface area contributed by atoms with E-state index in [2.05, 4.69) is 10.6 Å². The van der Waals surface area contributed by atoms with Crippen molar-refractivity contribution >= 4 is 17.5 Å². The Morgan fingerprint density at radius 1 is 0.828 bits per heavy atom. The first-order valence-corrected chi connectivity index (χ1v) is 9.52. The van der Waals surface area contributed by atoms with E-state index >= 15 is 0 Å². The molecule has 2 amide bonds. The van der Waals surface area contributed by atoms with Crippen molar-refractivity contribution in [3.05, 3.63) is 95.6 Å². The lowest BCUT2D eigenvalue weighted by Crippen LogP contribution is -2.23. The first kappa shape index (κ1) is 20.1. The maximum absolute atomic E-state index is 12.7. The third kappa shape index (κ3) is 5.69. The SMILES string of the molecule is CC(C)Oc1ccccc1NC(=O)c1cccc(C(=O)NCc2ccccc2)c1. The average molecular weight is 388 g/mol. The summed E-state index contributed by atoms with van der Waals surface area (Å²) in [5.41, 5.74) is 2.43. The third-order valence-electron chi connectivity index (χ3n) is 4.18. The van der Waals surface area contributed by atoms with E-state index in [4.69, 9.17) is 4.74 Å². The molecule has 148 valence electrons. The molecule has 0 atom stereocenters. The van der Waals surface area contributed by atoms with Gasteiger partial charge in [0, 0.05) is 17.7 Å². The maximum atomic E-state index is 12.7. The van der Waals surface area contributed by atoms with Gasteiger partial charge in [-0.1, -0.05) is 48.5 Å². The van der Waals surface area contributed by atoms with Gasteiger partial charge in [0.2, 0.25) is 0 Å². The van der Waals surface area contributed by atoms with Crippen LogP contribution in [0.5, 0.6) is 5.75 Å². The average Bonchev–Trinajstić information content (AvgIpc) is 2.74. The second kappa shape index (κ2) is 9.55. The zero-order valence-electron chi connectivity index (χ0n) is 16.5. The number of benzene rings is 3. The van der Waals surface area contributed by atoms with Crippen molar-refractivity contribution in [3.8, 4) is 5.75 Å². The Bertz CT molecular complexity index is 984. The predicted octanol–water partition coefficient (Wildman–Crippen LogP) is 4.66. The van der Waals surface area contributed by atoms with Crippen LogP contribution in [0.15, 0.2) is 78.9 Å². The molecule has 0 heterocycles. The topological polar surface area (TPSA) is 67.4 Å². The lowest BCUT2D eigenvalue weighted by Gasteiger charge is -2.15. The Balaban J connectivity index is 1.69. The second-order valence-electron chi connectivity index (χ2n) is 6.87. The molecule has 0 spiro atoms. The number of amides is 2. The lowest BCUT2D eigenvalue weighted by atomic mass is 10.1. The van der Waals surface area contributed by atoms with Crippen LogP contribution in [-0.2, 0) is 6.54 Å². The van der Waals surface area contributed by atoms with E-state index < -0.39 is 0 Å². The van der Waals surface area contributed by atoms with Crippen molar-refractivity contribution in [2.45, 2.75) is 26.5 Å². The van der Waals surface area contributed by atoms with E-state index in [0.717, 1.165) is 5.56 Å². The minimum absolute atomic E-state index is 0.00955. The Labute approximate surface area is 170 Å². The number of carbonyl (C=O) groups excluding carboxylic acids is 2. The van der Waals surface area contributed by atoms with Gasteiger partial charge in [-0.25, -0.2) is 0 Å². The molecule has 0 fully saturated rings. The van der Waals surface area contributed by atoms with Crippen LogP contribution in [0.2, 0.25) is 0 Å². The van der Waals surface area contributed by atoms with Gasteiger partial charge in [-0.05, 0) is 49.7 Å². The molecule has 5 heteroatoms. The third-order valence-corrected chi connectivity index (χ3v) is 4.18. The quantitative estimate of drug-likeness (QED) is 0.619. The van der Waals surface area contributed by atoms with Gasteiger partial charge in [-0.3, -0.25) is 9.59 Å². The Morgan fingerprint density at radius 3 is 2.21 bits per heavy atom. The zero-order valence-corrected chi connectivity index (χ0v) is 16.5. The number of rotatable bonds is 7. The molecule has 0 aliphatic carbocycles. The molecule has 0 aliphatic rings. The minimum atomic E-state index is -0.303. The highest BCUT2D eigenvalue weighted by atomic mass is 16.5. The zero-order chi connectivity index (χ0) is 20.6. The van der Waals surface area contributed by atoms with Crippen LogP contribution >= 0.6 is 0 Å². The monoisotopic (exact) mass is 388 g/mol. The molecule has 0 aliphatic heterocycles. The van der Waals surface area contributed by atoms with Crippen LogP contribution in [0.3, 0.4) is 0 Å². The number of para-hydroxylation sites is 2. The van der Waals surface area contributed by atoms with Crippen LogP contribution < -0.4 is 15.4 Å². The van der Waals surface area contributed by atoms with Gasteiger partial charge in [0.1, 0.15) is 5.75 Å². The molecule has 3 aromatic carbocycles. The number of nitrogens with one attached hydrogen (secondary N) is 2. The molecular formula is C24H24N2O3. The molecule has 0 aromatic heterocycles. The van der Waals surface area contributed by atoms with Crippen LogP contribution in [-0.4, -0.2) is 17.9 Å². The van der Waals surface area contributed by atoms with Gasteiger partial charge in [0.25, 0.3) is 11.8 Å². The van der Waals surface area contributed by atoms with E-state index in [9.17, 15) is 9.59 Å². The number of carbonyl (C=O) groups is 2. The van der Waals surface area contributed by atoms with Crippen molar-refractivity contribution in [3.63, 3.8) is 0 Å². The van der Waals surface area contributed by atoms with Crippen LogP contribution in [0.1, 0.15) is 40.1 Å². The maximum Gasteiger partial charge on any atom is 0.255 e. The largest absolute Gasteiger partial charge is 0.489 e. The highest BCUT2D eigenvalue weighted by Gasteiger charge is 2.13.